The molecule has 0 radical (unpaired) electrons. The highest BCUT2D eigenvalue weighted by molar-refractivity contribution is 7.07. The van der Waals surface area contributed by atoms with Crippen molar-refractivity contribution in [1.29, 1.82) is 0 Å². The van der Waals surface area contributed by atoms with E-state index in [1.807, 2.05) is 6.08 Å². The molecule has 0 aliphatic rings. The Hall–Kier alpha value is -1.86. The maximum Gasteiger partial charge on any atom is 0.147 e. The quantitative estimate of drug-likeness (QED) is 0.572. The van der Waals surface area contributed by atoms with Crippen LogP contribution in [0.25, 0.3) is 0 Å². The molecule has 2 rings (SSSR count). The zero-order chi connectivity index (χ0) is 13.7. The van der Waals surface area contributed by atoms with Crippen molar-refractivity contribution in [1.82, 2.24) is 0 Å². The molecule has 0 amide bonds. The van der Waals surface area contributed by atoms with Gasteiger partial charge in [0, 0.05) is 0 Å². The molecule has 0 aliphatic heterocycles. The Labute approximate surface area is 117 Å². The predicted octanol–water partition coefficient (Wildman–Crippen LogP) is 3.55. The van der Waals surface area contributed by atoms with E-state index in [0.717, 1.165) is 6.04 Å². The van der Waals surface area contributed by atoms with E-state index in [0.29, 0.717) is 0 Å². The summed E-state index contributed by atoms with van der Waals surface area (Å²) in [6.45, 7) is 10.4. The van der Waals surface area contributed by atoms with Gasteiger partial charge in [-0.05, 0) is 23.3 Å². The highest BCUT2D eigenvalue weighted by Gasteiger charge is 2.36. The van der Waals surface area contributed by atoms with E-state index in [1.165, 1.54) is 15.6 Å². The molecule has 0 spiro atoms. The van der Waals surface area contributed by atoms with Crippen molar-refractivity contribution in [2.75, 3.05) is 0 Å². The van der Waals surface area contributed by atoms with E-state index in [1.54, 1.807) is 0 Å². The van der Waals surface area contributed by atoms with Crippen LogP contribution in [0, 0.1) is 0 Å². The highest BCUT2D eigenvalue weighted by atomic mass is 28.3. The minimum Gasteiger partial charge on any atom is -0.103 e. The van der Waals surface area contributed by atoms with E-state index < -0.39 is 8.07 Å². The number of hydrogen-bond acceptors (Lipinski definition) is 0. The molecule has 0 unspecified atom stereocenters. The summed E-state index contributed by atoms with van der Waals surface area (Å²) in [4.78, 5) is 0. The highest BCUT2D eigenvalue weighted by Crippen LogP contribution is 2.19. The largest absolute Gasteiger partial charge is 0.147 e. The molecule has 0 saturated heterocycles. The summed E-state index contributed by atoms with van der Waals surface area (Å²) < 4.78 is 0. The van der Waals surface area contributed by atoms with E-state index in [9.17, 15) is 0 Å². The fourth-order valence-corrected chi connectivity index (χ4v) is 6.83. The predicted molar refractivity (Wildman–Crippen MR) is 87.7 cm³/mol. The summed E-state index contributed by atoms with van der Waals surface area (Å²) >= 11 is 0. The molecule has 0 atom stereocenters. The van der Waals surface area contributed by atoms with Crippen LogP contribution >= 0.6 is 0 Å². The molecule has 0 bridgehead atoms. The second kappa shape index (κ2) is 5.85. The van der Waals surface area contributed by atoms with Gasteiger partial charge in [-0.3, -0.25) is 0 Å². The van der Waals surface area contributed by atoms with Crippen LogP contribution in [0.3, 0.4) is 0 Å². The molecule has 0 aliphatic carbocycles. The number of hydrogen-bond donors (Lipinski definition) is 0. The maximum atomic E-state index is 4.31. The van der Waals surface area contributed by atoms with Gasteiger partial charge in [-0.25, -0.2) is 0 Å². The SMILES string of the molecule is C=CC[Si](C(=C)C)(c1ccccc1)c1ccccc1. The third kappa shape index (κ3) is 2.47. The lowest BCUT2D eigenvalue weighted by molar-refractivity contribution is 1.50. The van der Waals surface area contributed by atoms with Gasteiger partial charge in [-0.1, -0.05) is 71.9 Å². The summed E-state index contributed by atoms with van der Waals surface area (Å²) in [7, 11) is -1.94. The van der Waals surface area contributed by atoms with Crippen LogP contribution in [0.4, 0.5) is 0 Å². The van der Waals surface area contributed by atoms with Gasteiger partial charge < -0.3 is 0 Å². The molecule has 1 heteroatoms. The average Bonchev–Trinajstić information content (AvgIpc) is 2.46. The molecule has 19 heavy (non-hydrogen) atoms. The molecule has 96 valence electrons. The molecule has 2 aromatic carbocycles. The molecule has 0 N–H and O–H groups in total. The van der Waals surface area contributed by atoms with Gasteiger partial charge in [0.15, 0.2) is 0 Å². The minimum absolute atomic E-state index is 0.996. The Morgan fingerprint density at radius 2 is 1.37 bits per heavy atom. The summed E-state index contributed by atoms with van der Waals surface area (Å²) in [6, 6.07) is 22.5. The van der Waals surface area contributed by atoms with Crippen LogP contribution in [0.15, 0.2) is 85.1 Å². The molecule has 2 aromatic rings. The Morgan fingerprint density at radius 1 is 0.947 bits per heavy atom. The summed E-state index contributed by atoms with van der Waals surface area (Å²) in [6.07, 6.45) is 2.04. The van der Waals surface area contributed by atoms with Crippen LogP contribution in [0.2, 0.25) is 6.04 Å². The van der Waals surface area contributed by atoms with Crippen molar-refractivity contribution in [2.45, 2.75) is 13.0 Å². The van der Waals surface area contributed by atoms with Gasteiger partial charge >= 0.3 is 0 Å². The molecule has 0 fully saturated rings. The standard InChI is InChI=1S/C18H20Si/c1-4-15-19(16(2)3,17-11-7-5-8-12-17)18-13-9-6-10-14-18/h4-14H,1-2,15H2,3H3. The Morgan fingerprint density at radius 3 is 1.68 bits per heavy atom. The normalized spacial score (nSPS) is 11.0. The lowest BCUT2D eigenvalue weighted by Crippen LogP contribution is -2.59. The Kier molecular flexibility index (Phi) is 4.18. The van der Waals surface area contributed by atoms with Crippen molar-refractivity contribution in [2.24, 2.45) is 0 Å². The maximum absolute atomic E-state index is 4.31. The van der Waals surface area contributed by atoms with Crippen molar-refractivity contribution >= 4 is 18.4 Å². The molecule has 0 nitrogen and oxygen atoms in total. The monoisotopic (exact) mass is 264 g/mol. The first-order valence-electron chi connectivity index (χ1n) is 6.59. The van der Waals surface area contributed by atoms with Crippen LogP contribution in [-0.2, 0) is 0 Å². The van der Waals surface area contributed by atoms with Gasteiger partial charge in [0.2, 0.25) is 0 Å². The van der Waals surface area contributed by atoms with Gasteiger partial charge in [0.1, 0.15) is 8.07 Å². The smallest absolute Gasteiger partial charge is 0.103 e. The lowest BCUT2D eigenvalue weighted by Gasteiger charge is -2.32. The second-order valence-electron chi connectivity index (χ2n) is 4.91. The summed E-state index contributed by atoms with van der Waals surface area (Å²) in [5.41, 5.74) is 0. The topological polar surface area (TPSA) is 0 Å². The number of rotatable bonds is 5. The lowest BCUT2D eigenvalue weighted by atomic mass is 10.4. The third-order valence-corrected chi connectivity index (χ3v) is 8.71. The van der Waals surface area contributed by atoms with Crippen molar-refractivity contribution in [3.8, 4) is 0 Å². The van der Waals surface area contributed by atoms with E-state index >= 15 is 0 Å². The van der Waals surface area contributed by atoms with E-state index in [-0.39, 0.29) is 0 Å². The molecular weight excluding hydrogens is 244 g/mol. The fourth-order valence-electron chi connectivity index (χ4n) is 2.73. The zero-order valence-corrected chi connectivity index (χ0v) is 12.5. The zero-order valence-electron chi connectivity index (χ0n) is 11.5. The number of allylic oxidation sites excluding steroid dienone is 2. The van der Waals surface area contributed by atoms with Crippen molar-refractivity contribution < 1.29 is 0 Å². The fraction of sp³-hybridized carbons (Fsp3) is 0.111. The molecule has 0 heterocycles. The van der Waals surface area contributed by atoms with Gasteiger partial charge in [-0.2, -0.15) is 0 Å². The van der Waals surface area contributed by atoms with Crippen molar-refractivity contribution in [3.05, 3.63) is 85.1 Å². The molecule has 0 saturated carbocycles. The Bertz CT molecular complexity index is 515. The van der Waals surface area contributed by atoms with E-state index in [4.69, 9.17) is 0 Å². The first-order chi connectivity index (χ1) is 9.21. The third-order valence-electron chi connectivity index (χ3n) is 3.71. The Balaban J connectivity index is 2.68. The first kappa shape index (κ1) is 13.6. The summed E-state index contributed by atoms with van der Waals surface area (Å²) in [5, 5.41) is 4.10. The minimum atomic E-state index is -1.94. The van der Waals surface area contributed by atoms with E-state index in [2.05, 4.69) is 80.7 Å². The first-order valence-corrected chi connectivity index (χ1v) is 8.80. The summed E-state index contributed by atoms with van der Waals surface area (Å²) in [5.74, 6) is 0. The van der Waals surface area contributed by atoms with Crippen LogP contribution in [-0.4, -0.2) is 8.07 Å². The van der Waals surface area contributed by atoms with Crippen LogP contribution in [0.1, 0.15) is 6.92 Å². The van der Waals surface area contributed by atoms with Crippen LogP contribution in [0.5, 0.6) is 0 Å². The second-order valence-corrected chi connectivity index (χ2v) is 9.14. The van der Waals surface area contributed by atoms with Gasteiger partial charge in [-0.15, -0.1) is 13.2 Å². The number of benzene rings is 2. The average molecular weight is 264 g/mol. The molecular formula is C18H20Si. The van der Waals surface area contributed by atoms with Gasteiger partial charge in [0.25, 0.3) is 0 Å². The van der Waals surface area contributed by atoms with Gasteiger partial charge in [0.05, 0.1) is 0 Å². The van der Waals surface area contributed by atoms with Crippen molar-refractivity contribution in [3.63, 3.8) is 0 Å². The van der Waals surface area contributed by atoms with Crippen LogP contribution < -0.4 is 10.4 Å². The molecule has 0 aromatic heterocycles.